The molecular weight excluding hydrogens is 224 g/mol. The zero-order chi connectivity index (χ0) is 12.8. The summed E-state index contributed by atoms with van der Waals surface area (Å²) in [6.45, 7) is 1.05. The molecule has 1 aliphatic heterocycles. The van der Waals surface area contributed by atoms with Crippen LogP contribution in [-0.4, -0.2) is 54.2 Å². The lowest BCUT2D eigenvalue weighted by Gasteiger charge is -2.24. The van der Waals surface area contributed by atoms with Gasteiger partial charge in [0.15, 0.2) is 0 Å². The summed E-state index contributed by atoms with van der Waals surface area (Å²) in [4.78, 5) is 24.3. The van der Waals surface area contributed by atoms with Crippen LogP contribution in [0.3, 0.4) is 0 Å². The number of ether oxygens (including phenoxy) is 1. The highest BCUT2D eigenvalue weighted by molar-refractivity contribution is 5.87. The molecule has 0 aromatic carbocycles. The largest absolute Gasteiger partial charge is 0.480 e. The third-order valence-corrected chi connectivity index (χ3v) is 3.00. The first-order valence-corrected chi connectivity index (χ1v) is 5.85. The first-order chi connectivity index (χ1) is 8.07. The van der Waals surface area contributed by atoms with E-state index in [0.717, 1.165) is 6.42 Å². The van der Waals surface area contributed by atoms with Crippen molar-refractivity contribution in [2.24, 2.45) is 5.73 Å². The van der Waals surface area contributed by atoms with E-state index in [9.17, 15) is 9.59 Å². The Balaban J connectivity index is 2.47. The van der Waals surface area contributed by atoms with Gasteiger partial charge in [-0.2, -0.15) is 0 Å². The first-order valence-electron chi connectivity index (χ1n) is 5.85. The minimum Gasteiger partial charge on any atom is -0.480 e. The van der Waals surface area contributed by atoms with Crippen LogP contribution in [0.5, 0.6) is 0 Å². The second kappa shape index (κ2) is 6.56. The van der Waals surface area contributed by atoms with Gasteiger partial charge in [-0.15, -0.1) is 0 Å². The number of carboxylic acid groups (broad SMARTS) is 1. The van der Waals surface area contributed by atoms with Gasteiger partial charge in [0.25, 0.3) is 0 Å². The van der Waals surface area contributed by atoms with E-state index in [4.69, 9.17) is 15.6 Å². The topological polar surface area (TPSA) is 92.9 Å². The lowest BCUT2D eigenvalue weighted by atomic mass is 10.1. The zero-order valence-electron chi connectivity index (χ0n) is 10.1. The smallest absolute Gasteiger partial charge is 0.326 e. The Hall–Kier alpha value is -1.14. The number of hydrogen-bond acceptors (Lipinski definition) is 4. The highest BCUT2D eigenvalue weighted by atomic mass is 16.5. The third-order valence-electron chi connectivity index (χ3n) is 3.00. The number of likely N-dealkylation sites (tertiary alicyclic amines) is 1. The number of carbonyl (C=O) groups excluding carboxylic acids is 1. The third kappa shape index (κ3) is 3.67. The summed E-state index contributed by atoms with van der Waals surface area (Å²) in [5.41, 5.74) is 5.76. The van der Waals surface area contributed by atoms with Gasteiger partial charge in [0.2, 0.25) is 5.91 Å². The van der Waals surface area contributed by atoms with E-state index in [-0.39, 0.29) is 5.91 Å². The lowest BCUT2D eigenvalue weighted by molar-refractivity contribution is -0.148. The Morgan fingerprint density at radius 1 is 1.59 bits per heavy atom. The molecule has 1 heterocycles. The standard InChI is InChI=1S/C11H20N2O4/c1-17-7-3-4-8(12)10(14)13-6-2-5-9(13)11(15)16/h8-9H,2-7,12H2,1H3,(H,15,16). The molecule has 98 valence electrons. The molecule has 2 unspecified atom stereocenters. The minimum absolute atomic E-state index is 0.258. The number of carbonyl (C=O) groups is 2. The maximum Gasteiger partial charge on any atom is 0.326 e. The van der Waals surface area contributed by atoms with Crippen molar-refractivity contribution in [2.45, 2.75) is 37.8 Å². The molecule has 1 rings (SSSR count). The van der Waals surface area contributed by atoms with Gasteiger partial charge in [-0.05, 0) is 25.7 Å². The molecule has 1 aliphatic rings. The van der Waals surface area contributed by atoms with Crippen LogP contribution in [0.15, 0.2) is 0 Å². The minimum atomic E-state index is -0.944. The first kappa shape index (κ1) is 13.9. The van der Waals surface area contributed by atoms with Crippen molar-refractivity contribution < 1.29 is 19.4 Å². The number of carboxylic acids is 1. The van der Waals surface area contributed by atoms with Crippen molar-refractivity contribution in [3.05, 3.63) is 0 Å². The molecule has 0 aromatic rings. The van der Waals surface area contributed by atoms with Crippen molar-refractivity contribution in [3.63, 3.8) is 0 Å². The molecule has 0 saturated carbocycles. The molecule has 0 aliphatic carbocycles. The molecule has 3 N–H and O–H groups in total. The number of amides is 1. The van der Waals surface area contributed by atoms with Gasteiger partial charge < -0.3 is 20.5 Å². The Morgan fingerprint density at radius 3 is 2.88 bits per heavy atom. The molecule has 17 heavy (non-hydrogen) atoms. The normalized spacial score (nSPS) is 21.5. The number of aliphatic carboxylic acids is 1. The summed E-state index contributed by atoms with van der Waals surface area (Å²) in [6, 6.07) is -1.32. The van der Waals surface area contributed by atoms with Crippen LogP contribution in [0.4, 0.5) is 0 Å². The molecule has 6 nitrogen and oxygen atoms in total. The zero-order valence-corrected chi connectivity index (χ0v) is 10.1. The van der Waals surface area contributed by atoms with E-state index < -0.39 is 18.1 Å². The Kier molecular flexibility index (Phi) is 5.37. The van der Waals surface area contributed by atoms with Crippen LogP contribution in [0.1, 0.15) is 25.7 Å². The SMILES string of the molecule is COCCCC(N)C(=O)N1CCCC1C(=O)O. The van der Waals surface area contributed by atoms with E-state index in [1.54, 1.807) is 7.11 Å². The second-order valence-corrected chi connectivity index (χ2v) is 4.27. The van der Waals surface area contributed by atoms with E-state index in [1.807, 2.05) is 0 Å². The molecular formula is C11H20N2O4. The summed E-state index contributed by atoms with van der Waals surface area (Å²) in [7, 11) is 1.59. The molecule has 1 fully saturated rings. The summed E-state index contributed by atoms with van der Waals surface area (Å²) in [5, 5.41) is 8.97. The van der Waals surface area contributed by atoms with Gasteiger partial charge in [0.05, 0.1) is 6.04 Å². The monoisotopic (exact) mass is 244 g/mol. The number of hydrogen-bond donors (Lipinski definition) is 2. The predicted molar refractivity (Wildman–Crippen MR) is 61.5 cm³/mol. The average Bonchev–Trinajstić information content (AvgIpc) is 2.77. The van der Waals surface area contributed by atoms with Crippen LogP contribution in [0.25, 0.3) is 0 Å². The molecule has 6 heteroatoms. The van der Waals surface area contributed by atoms with Crippen LogP contribution in [0, 0.1) is 0 Å². The molecule has 1 saturated heterocycles. The number of rotatable bonds is 6. The maximum absolute atomic E-state index is 12.0. The van der Waals surface area contributed by atoms with Crippen LogP contribution in [0.2, 0.25) is 0 Å². The van der Waals surface area contributed by atoms with Gasteiger partial charge in [-0.1, -0.05) is 0 Å². The van der Waals surface area contributed by atoms with E-state index in [0.29, 0.717) is 32.4 Å². The molecule has 2 atom stereocenters. The molecule has 0 spiro atoms. The summed E-state index contributed by atoms with van der Waals surface area (Å²) in [6.07, 6.45) is 2.48. The van der Waals surface area contributed by atoms with Crippen molar-refractivity contribution in [3.8, 4) is 0 Å². The quantitative estimate of drug-likeness (QED) is 0.632. The lowest BCUT2D eigenvalue weighted by Crippen LogP contribution is -2.48. The van der Waals surface area contributed by atoms with E-state index in [2.05, 4.69) is 0 Å². The Labute approximate surface area is 101 Å². The van der Waals surface area contributed by atoms with Gasteiger partial charge in [-0.25, -0.2) is 4.79 Å². The van der Waals surface area contributed by atoms with E-state index >= 15 is 0 Å². The van der Waals surface area contributed by atoms with E-state index in [1.165, 1.54) is 4.90 Å². The second-order valence-electron chi connectivity index (χ2n) is 4.27. The molecule has 0 radical (unpaired) electrons. The van der Waals surface area contributed by atoms with Gasteiger partial charge in [0, 0.05) is 20.3 Å². The van der Waals surface area contributed by atoms with Crippen LogP contribution >= 0.6 is 0 Å². The Morgan fingerprint density at radius 2 is 2.29 bits per heavy atom. The number of nitrogens with zero attached hydrogens (tertiary/aromatic N) is 1. The van der Waals surface area contributed by atoms with Gasteiger partial charge in [0.1, 0.15) is 6.04 Å². The van der Waals surface area contributed by atoms with Crippen molar-refractivity contribution in [2.75, 3.05) is 20.3 Å². The maximum atomic E-state index is 12.0. The highest BCUT2D eigenvalue weighted by Crippen LogP contribution is 2.18. The fraction of sp³-hybridized carbons (Fsp3) is 0.818. The highest BCUT2D eigenvalue weighted by Gasteiger charge is 2.35. The number of nitrogens with two attached hydrogens (primary N) is 1. The molecule has 0 aromatic heterocycles. The predicted octanol–water partition coefficient (Wildman–Crippen LogP) is -0.184. The summed E-state index contributed by atoms with van der Waals surface area (Å²) in [5.74, 6) is -1.20. The fourth-order valence-corrected chi connectivity index (χ4v) is 2.07. The Bertz CT molecular complexity index is 283. The molecule has 0 bridgehead atoms. The summed E-state index contributed by atoms with van der Waals surface area (Å²) >= 11 is 0. The van der Waals surface area contributed by atoms with Crippen molar-refractivity contribution >= 4 is 11.9 Å². The van der Waals surface area contributed by atoms with Gasteiger partial charge in [-0.3, -0.25) is 4.79 Å². The van der Waals surface area contributed by atoms with Crippen LogP contribution < -0.4 is 5.73 Å². The fourth-order valence-electron chi connectivity index (χ4n) is 2.07. The average molecular weight is 244 g/mol. The molecule has 1 amide bonds. The van der Waals surface area contributed by atoms with Crippen molar-refractivity contribution in [1.29, 1.82) is 0 Å². The van der Waals surface area contributed by atoms with Crippen molar-refractivity contribution in [1.82, 2.24) is 4.90 Å². The van der Waals surface area contributed by atoms with Gasteiger partial charge >= 0.3 is 5.97 Å². The summed E-state index contributed by atoms with van der Waals surface area (Å²) < 4.78 is 4.88. The number of methoxy groups -OCH3 is 1. The van der Waals surface area contributed by atoms with Crippen LogP contribution in [-0.2, 0) is 14.3 Å².